The lowest BCUT2D eigenvalue weighted by molar-refractivity contribution is -0.124. The molecule has 0 aliphatic heterocycles. The SMILES string of the molecule is CC(=O)CCC(=O)NCc1cccnn1. The first-order valence-electron chi connectivity index (χ1n) is 4.71. The van der Waals surface area contributed by atoms with Crippen molar-refractivity contribution in [3.63, 3.8) is 0 Å². The van der Waals surface area contributed by atoms with Crippen molar-refractivity contribution in [1.29, 1.82) is 0 Å². The van der Waals surface area contributed by atoms with Crippen LogP contribution in [0.2, 0.25) is 0 Å². The average molecular weight is 207 g/mol. The Morgan fingerprint density at radius 1 is 1.40 bits per heavy atom. The van der Waals surface area contributed by atoms with E-state index < -0.39 is 0 Å². The predicted molar refractivity (Wildman–Crippen MR) is 53.8 cm³/mol. The summed E-state index contributed by atoms with van der Waals surface area (Å²) in [5, 5.41) is 10.2. The quantitative estimate of drug-likeness (QED) is 0.761. The summed E-state index contributed by atoms with van der Waals surface area (Å²) in [5.74, 6) is -0.125. The van der Waals surface area contributed by atoms with Gasteiger partial charge in [-0.25, -0.2) is 0 Å². The number of carbonyl (C=O) groups excluding carboxylic acids is 2. The van der Waals surface area contributed by atoms with Crippen LogP contribution in [-0.2, 0) is 16.1 Å². The van der Waals surface area contributed by atoms with Gasteiger partial charge in [0.05, 0.1) is 12.2 Å². The maximum atomic E-state index is 11.2. The average Bonchev–Trinajstić information content (AvgIpc) is 2.25. The molecule has 1 aromatic heterocycles. The third-order valence-corrected chi connectivity index (χ3v) is 1.80. The molecule has 1 amide bonds. The molecule has 0 unspecified atom stereocenters. The number of hydrogen-bond acceptors (Lipinski definition) is 4. The van der Waals surface area contributed by atoms with Crippen LogP contribution >= 0.6 is 0 Å². The number of amides is 1. The van der Waals surface area contributed by atoms with Gasteiger partial charge in [-0.2, -0.15) is 10.2 Å². The second kappa shape index (κ2) is 5.85. The van der Waals surface area contributed by atoms with Crippen molar-refractivity contribution >= 4 is 11.7 Å². The second-order valence-electron chi connectivity index (χ2n) is 3.19. The zero-order chi connectivity index (χ0) is 11.1. The summed E-state index contributed by atoms with van der Waals surface area (Å²) in [4.78, 5) is 21.8. The van der Waals surface area contributed by atoms with E-state index in [4.69, 9.17) is 0 Å². The van der Waals surface area contributed by atoms with Crippen LogP contribution in [0.1, 0.15) is 25.5 Å². The van der Waals surface area contributed by atoms with Gasteiger partial charge in [-0.05, 0) is 19.1 Å². The fourth-order valence-electron chi connectivity index (χ4n) is 0.995. The molecule has 0 aliphatic carbocycles. The normalized spacial score (nSPS) is 9.67. The summed E-state index contributed by atoms with van der Waals surface area (Å²) in [7, 11) is 0. The first-order valence-corrected chi connectivity index (χ1v) is 4.71. The minimum Gasteiger partial charge on any atom is -0.350 e. The van der Waals surface area contributed by atoms with Crippen molar-refractivity contribution in [3.8, 4) is 0 Å². The van der Waals surface area contributed by atoms with Crippen molar-refractivity contribution in [2.75, 3.05) is 0 Å². The summed E-state index contributed by atoms with van der Waals surface area (Å²) >= 11 is 0. The molecule has 1 N–H and O–H groups in total. The fraction of sp³-hybridized carbons (Fsp3) is 0.400. The Morgan fingerprint density at radius 2 is 2.20 bits per heavy atom. The summed E-state index contributed by atoms with van der Waals surface area (Å²) in [6.07, 6.45) is 2.09. The highest BCUT2D eigenvalue weighted by molar-refractivity contribution is 5.83. The molecule has 0 spiro atoms. The Bertz CT molecular complexity index is 338. The monoisotopic (exact) mass is 207 g/mol. The first-order chi connectivity index (χ1) is 7.18. The number of nitrogens with zero attached hydrogens (tertiary/aromatic N) is 2. The number of ketones is 1. The van der Waals surface area contributed by atoms with Crippen LogP contribution < -0.4 is 5.32 Å². The van der Waals surface area contributed by atoms with Crippen LogP contribution in [-0.4, -0.2) is 21.9 Å². The molecular weight excluding hydrogens is 194 g/mol. The molecule has 5 nitrogen and oxygen atoms in total. The van der Waals surface area contributed by atoms with Crippen molar-refractivity contribution < 1.29 is 9.59 Å². The van der Waals surface area contributed by atoms with Crippen LogP contribution in [0, 0.1) is 0 Å². The molecule has 0 radical (unpaired) electrons. The lowest BCUT2D eigenvalue weighted by Crippen LogP contribution is -2.23. The molecule has 0 fully saturated rings. The Labute approximate surface area is 87.9 Å². The topological polar surface area (TPSA) is 72.0 Å². The highest BCUT2D eigenvalue weighted by Crippen LogP contribution is 1.93. The van der Waals surface area contributed by atoms with E-state index in [1.807, 2.05) is 0 Å². The van der Waals surface area contributed by atoms with E-state index >= 15 is 0 Å². The van der Waals surface area contributed by atoms with E-state index in [-0.39, 0.29) is 24.5 Å². The molecule has 0 atom stereocenters. The smallest absolute Gasteiger partial charge is 0.220 e. The van der Waals surface area contributed by atoms with Crippen molar-refractivity contribution in [2.24, 2.45) is 0 Å². The van der Waals surface area contributed by atoms with Crippen LogP contribution in [0.25, 0.3) is 0 Å². The number of aromatic nitrogens is 2. The third kappa shape index (κ3) is 4.85. The van der Waals surface area contributed by atoms with Gasteiger partial charge in [0.2, 0.25) is 5.91 Å². The lowest BCUT2D eigenvalue weighted by Gasteiger charge is -2.02. The van der Waals surface area contributed by atoms with Gasteiger partial charge in [0, 0.05) is 19.0 Å². The van der Waals surface area contributed by atoms with E-state index in [0.717, 1.165) is 0 Å². The van der Waals surface area contributed by atoms with Crippen LogP contribution in [0.15, 0.2) is 18.3 Å². The Balaban J connectivity index is 2.26. The van der Waals surface area contributed by atoms with Crippen molar-refractivity contribution in [1.82, 2.24) is 15.5 Å². The highest BCUT2D eigenvalue weighted by Gasteiger charge is 2.03. The summed E-state index contributed by atoms with van der Waals surface area (Å²) in [6, 6.07) is 3.53. The minimum absolute atomic E-state index is 0.0182. The zero-order valence-corrected chi connectivity index (χ0v) is 8.56. The van der Waals surface area contributed by atoms with E-state index in [1.165, 1.54) is 6.92 Å². The maximum Gasteiger partial charge on any atom is 0.220 e. The molecule has 1 aromatic rings. The molecule has 1 heterocycles. The van der Waals surface area contributed by atoms with Gasteiger partial charge in [0.15, 0.2) is 0 Å². The van der Waals surface area contributed by atoms with Gasteiger partial charge < -0.3 is 10.1 Å². The largest absolute Gasteiger partial charge is 0.350 e. The Morgan fingerprint density at radius 3 is 2.80 bits per heavy atom. The molecule has 0 saturated carbocycles. The van der Waals surface area contributed by atoms with Gasteiger partial charge in [-0.15, -0.1) is 0 Å². The third-order valence-electron chi connectivity index (χ3n) is 1.80. The van der Waals surface area contributed by atoms with Crippen LogP contribution in [0.3, 0.4) is 0 Å². The molecule has 0 saturated heterocycles. The number of carbonyl (C=O) groups is 2. The number of nitrogens with one attached hydrogen (secondary N) is 1. The minimum atomic E-state index is -0.143. The second-order valence-corrected chi connectivity index (χ2v) is 3.19. The van der Waals surface area contributed by atoms with Crippen LogP contribution in [0.4, 0.5) is 0 Å². The maximum absolute atomic E-state index is 11.2. The van der Waals surface area contributed by atoms with Gasteiger partial charge in [0.1, 0.15) is 5.78 Å². The molecular formula is C10H13N3O2. The lowest BCUT2D eigenvalue weighted by atomic mass is 10.2. The molecule has 80 valence electrons. The van der Waals surface area contributed by atoms with Crippen molar-refractivity contribution in [2.45, 2.75) is 26.3 Å². The molecule has 1 rings (SSSR count). The standard InChI is InChI=1S/C10H13N3O2/c1-8(14)4-5-10(15)11-7-9-3-2-6-12-13-9/h2-3,6H,4-5,7H2,1H3,(H,11,15). The van der Waals surface area contributed by atoms with E-state index in [9.17, 15) is 9.59 Å². The summed E-state index contributed by atoms with van der Waals surface area (Å²) < 4.78 is 0. The molecule has 0 aromatic carbocycles. The molecule has 15 heavy (non-hydrogen) atoms. The predicted octanol–water partition coefficient (Wildman–Crippen LogP) is 0.462. The van der Waals surface area contributed by atoms with E-state index in [2.05, 4.69) is 15.5 Å². The number of Topliss-reactive ketones (excluding diaryl/α,β-unsaturated/α-hetero) is 1. The first kappa shape index (κ1) is 11.3. The molecule has 0 bridgehead atoms. The Kier molecular flexibility index (Phi) is 4.40. The summed E-state index contributed by atoms with van der Waals surface area (Å²) in [5.41, 5.74) is 0.702. The molecule has 5 heteroatoms. The van der Waals surface area contributed by atoms with Crippen molar-refractivity contribution in [3.05, 3.63) is 24.0 Å². The molecule has 0 aliphatic rings. The number of hydrogen-bond donors (Lipinski definition) is 1. The van der Waals surface area contributed by atoms with Crippen LogP contribution in [0.5, 0.6) is 0 Å². The number of rotatable bonds is 5. The van der Waals surface area contributed by atoms with Gasteiger partial charge >= 0.3 is 0 Å². The van der Waals surface area contributed by atoms with E-state index in [0.29, 0.717) is 12.2 Å². The van der Waals surface area contributed by atoms with E-state index in [1.54, 1.807) is 18.3 Å². The Hall–Kier alpha value is -1.78. The zero-order valence-electron chi connectivity index (χ0n) is 8.56. The highest BCUT2D eigenvalue weighted by atomic mass is 16.2. The van der Waals surface area contributed by atoms with Gasteiger partial charge in [-0.3, -0.25) is 4.79 Å². The van der Waals surface area contributed by atoms with Gasteiger partial charge in [0.25, 0.3) is 0 Å². The summed E-state index contributed by atoms with van der Waals surface area (Å²) in [6.45, 7) is 1.82. The fourth-order valence-corrected chi connectivity index (χ4v) is 0.995. The van der Waals surface area contributed by atoms with Gasteiger partial charge in [-0.1, -0.05) is 0 Å².